The van der Waals surface area contributed by atoms with Crippen LogP contribution >= 0.6 is 0 Å². The van der Waals surface area contributed by atoms with Gasteiger partial charge in [0.25, 0.3) is 11.5 Å². The van der Waals surface area contributed by atoms with E-state index >= 15 is 0 Å². The van der Waals surface area contributed by atoms with Crippen LogP contribution < -0.4 is 26.4 Å². The number of amides is 4. The van der Waals surface area contributed by atoms with E-state index in [4.69, 9.17) is 14.2 Å². The Labute approximate surface area is 307 Å². The number of hydrogen-bond donors (Lipinski definition) is 4. The van der Waals surface area contributed by atoms with Gasteiger partial charge in [-0.05, 0) is 51.0 Å². The second-order valence-electron chi connectivity index (χ2n) is 12.6. The van der Waals surface area contributed by atoms with Crippen molar-refractivity contribution in [2.24, 2.45) is 5.92 Å². The van der Waals surface area contributed by atoms with Crippen LogP contribution in [0.5, 0.6) is 0 Å². The lowest BCUT2D eigenvalue weighted by molar-refractivity contribution is -0.212. The van der Waals surface area contributed by atoms with E-state index < -0.39 is 65.6 Å². The van der Waals surface area contributed by atoms with Crippen molar-refractivity contribution in [3.63, 3.8) is 0 Å². The molecule has 4 amide bonds. The highest BCUT2D eigenvalue weighted by Crippen LogP contribution is 2.26. The SMILES string of the molecule is CCCOC(C)(C)OCCNC(=O)CC[C@H](NC(=O)c1ccc(N(Cc2cnc3nc(NC(=O)C(C)C)[nH]c(=O)c3n2)C(=O)C(F)(F)F)cc1)C(=O)OC. The average Bonchev–Trinajstić information content (AvgIpc) is 3.12. The van der Waals surface area contributed by atoms with Gasteiger partial charge in [0, 0.05) is 36.7 Å². The van der Waals surface area contributed by atoms with Crippen molar-refractivity contribution in [1.82, 2.24) is 30.6 Å². The fourth-order valence-electron chi connectivity index (χ4n) is 4.61. The molecule has 0 spiro atoms. The molecule has 1 aromatic carbocycles. The summed E-state index contributed by atoms with van der Waals surface area (Å²) in [5.74, 6) is -6.26. The van der Waals surface area contributed by atoms with Gasteiger partial charge in [0.2, 0.25) is 17.8 Å². The monoisotopic (exact) mass is 764 g/mol. The second kappa shape index (κ2) is 19.0. The van der Waals surface area contributed by atoms with Gasteiger partial charge in [-0.15, -0.1) is 0 Å². The number of methoxy groups -OCH3 is 1. The summed E-state index contributed by atoms with van der Waals surface area (Å²) >= 11 is 0. The molecule has 0 fully saturated rings. The molecule has 0 aliphatic rings. The van der Waals surface area contributed by atoms with E-state index in [0.29, 0.717) is 11.5 Å². The molecule has 2 aromatic heterocycles. The normalized spacial score (nSPS) is 12.3. The maximum absolute atomic E-state index is 13.7. The van der Waals surface area contributed by atoms with E-state index in [1.807, 2.05) is 6.92 Å². The van der Waals surface area contributed by atoms with Crippen LogP contribution in [-0.2, 0) is 39.9 Å². The number of alkyl halides is 3. The zero-order chi connectivity index (χ0) is 40.2. The minimum atomic E-state index is -5.32. The number of esters is 1. The van der Waals surface area contributed by atoms with Crippen LogP contribution in [0.25, 0.3) is 11.2 Å². The van der Waals surface area contributed by atoms with E-state index in [2.05, 4.69) is 35.9 Å². The molecular weight excluding hydrogens is 721 g/mol. The standard InChI is InChI=1S/C34H43F3N8O9/c1-7-15-53-33(4,5)54-16-14-38-24(46)13-12-23(30(50)52-6)41-28(48)20-8-10-22(11-9-20)45(31(51)34(35,36)37)18-21-17-39-26-25(40-21)29(49)44-32(42-26)43-27(47)19(2)3/h8-11,17,19,23H,7,12-16,18H2,1-6H3,(H,38,46)(H,41,48)(H2,39,42,43,44,47,49)/t23-/m0/s1. The molecule has 1 atom stereocenters. The van der Waals surface area contributed by atoms with Crippen LogP contribution in [0.1, 0.15) is 69.9 Å². The molecule has 17 nitrogen and oxygen atoms in total. The highest BCUT2D eigenvalue weighted by molar-refractivity contribution is 5.99. The molecule has 2 heterocycles. The molecule has 0 aliphatic heterocycles. The fraction of sp³-hybridized carbons (Fsp3) is 0.500. The third kappa shape index (κ3) is 12.6. The first-order valence-electron chi connectivity index (χ1n) is 16.8. The molecule has 20 heteroatoms. The van der Waals surface area contributed by atoms with E-state index in [-0.39, 0.29) is 60.1 Å². The van der Waals surface area contributed by atoms with Crippen LogP contribution in [0.4, 0.5) is 24.8 Å². The van der Waals surface area contributed by atoms with E-state index in [0.717, 1.165) is 44.0 Å². The summed E-state index contributed by atoms with van der Waals surface area (Å²) in [6.45, 7) is 8.74. The number of halogens is 3. The Morgan fingerprint density at radius 1 is 1.00 bits per heavy atom. The average molecular weight is 765 g/mol. The van der Waals surface area contributed by atoms with Gasteiger partial charge < -0.3 is 24.8 Å². The minimum Gasteiger partial charge on any atom is -0.467 e. The summed E-state index contributed by atoms with van der Waals surface area (Å²) in [5.41, 5.74) is -2.00. The topological polar surface area (TPSA) is 224 Å². The number of aromatic amines is 1. The molecule has 0 aliphatic carbocycles. The molecule has 3 rings (SSSR count). The molecule has 0 bridgehead atoms. The highest BCUT2D eigenvalue weighted by atomic mass is 19.4. The number of anilines is 2. The molecule has 54 heavy (non-hydrogen) atoms. The number of nitrogens with zero attached hydrogens (tertiary/aromatic N) is 4. The first kappa shape index (κ1) is 42.9. The molecule has 294 valence electrons. The predicted molar refractivity (Wildman–Crippen MR) is 187 cm³/mol. The quantitative estimate of drug-likeness (QED) is 0.0834. The Kier molecular flexibility index (Phi) is 15.1. The van der Waals surface area contributed by atoms with Crippen LogP contribution in [0.15, 0.2) is 35.3 Å². The summed E-state index contributed by atoms with van der Waals surface area (Å²) < 4.78 is 57.0. The van der Waals surface area contributed by atoms with E-state index in [1.165, 1.54) is 0 Å². The van der Waals surface area contributed by atoms with Gasteiger partial charge in [-0.3, -0.25) is 39.2 Å². The summed E-state index contributed by atoms with van der Waals surface area (Å²) in [7, 11) is 1.10. The van der Waals surface area contributed by atoms with Crippen molar-refractivity contribution in [3.05, 3.63) is 52.1 Å². The van der Waals surface area contributed by atoms with Gasteiger partial charge in [-0.25, -0.2) is 14.8 Å². The summed E-state index contributed by atoms with van der Waals surface area (Å²) in [6.07, 6.45) is -3.80. The third-order valence-electron chi connectivity index (χ3n) is 7.46. The molecule has 0 radical (unpaired) electrons. The van der Waals surface area contributed by atoms with Crippen LogP contribution in [-0.4, -0.2) is 94.4 Å². The van der Waals surface area contributed by atoms with Gasteiger partial charge in [-0.1, -0.05) is 20.8 Å². The number of aromatic nitrogens is 4. The third-order valence-corrected chi connectivity index (χ3v) is 7.46. The lowest BCUT2D eigenvalue weighted by Crippen LogP contribution is -2.42. The molecule has 3 aromatic rings. The number of carbonyl (C=O) groups is 5. The fourth-order valence-corrected chi connectivity index (χ4v) is 4.61. The number of H-pyrrole nitrogens is 1. The Morgan fingerprint density at radius 3 is 2.28 bits per heavy atom. The molecule has 4 N–H and O–H groups in total. The summed E-state index contributed by atoms with van der Waals surface area (Å²) in [4.78, 5) is 89.7. The van der Waals surface area contributed by atoms with E-state index in [9.17, 15) is 41.9 Å². The van der Waals surface area contributed by atoms with Crippen LogP contribution in [0, 0.1) is 5.92 Å². The van der Waals surface area contributed by atoms with Crippen molar-refractivity contribution in [3.8, 4) is 0 Å². The zero-order valence-electron chi connectivity index (χ0n) is 30.6. The Hall–Kier alpha value is -5.50. The lowest BCUT2D eigenvalue weighted by Gasteiger charge is -2.25. The Bertz CT molecular complexity index is 1870. The van der Waals surface area contributed by atoms with Crippen molar-refractivity contribution < 1.29 is 51.4 Å². The van der Waals surface area contributed by atoms with Crippen molar-refractivity contribution in [2.75, 3.05) is 37.1 Å². The van der Waals surface area contributed by atoms with Crippen molar-refractivity contribution in [2.45, 2.75) is 78.4 Å². The number of rotatable bonds is 18. The predicted octanol–water partition coefficient (Wildman–Crippen LogP) is 2.75. The highest BCUT2D eigenvalue weighted by Gasteiger charge is 2.43. The van der Waals surface area contributed by atoms with Gasteiger partial charge >= 0.3 is 18.1 Å². The lowest BCUT2D eigenvalue weighted by atomic mass is 10.1. The first-order valence-corrected chi connectivity index (χ1v) is 16.8. The largest absolute Gasteiger partial charge is 0.471 e. The molecule has 0 unspecified atom stereocenters. The second-order valence-corrected chi connectivity index (χ2v) is 12.6. The number of fused-ring (bicyclic) bond motifs is 1. The number of benzene rings is 1. The van der Waals surface area contributed by atoms with E-state index in [1.54, 1.807) is 27.7 Å². The molecule has 0 saturated carbocycles. The van der Waals surface area contributed by atoms with Gasteiger partial charge in [0.05, 0.1) is 32.2 Å². The number of ether oxygens (including phenoxy) is 3. The van der Waals surface area contributed by atoms with Gasteiger partial charge in [-0.2, -0.15) is 18.2 Å². The maximum atomic E-state index is 13.7. The number of hydrogen-bond acceptors (Lipinski definition) is 12. The number of nitrogens with one attached hydrogen (secondary N) is 4. The Balaban J connectivity index is 1.71. The molecule has 0 saturated heterocycles. The van der Waals surface area contributed by atoms with Gasteiger partial charge in [0.1, 0.15) is 6.04 Å². The van der Waals surface area contributed by atoms with Crippen LogP contribution in [0.3, 0.4) is 0 Å². The van der Waals surface area contributed by atoms with Crippen molar-refractivity contribution >= 4 is 52.4 Å². The smallest absolute Gasteiger partial charge is 0.467 e. The Morgan fingerprint density at radius 2 is 1.67 bits per heavy atom. The molecular formula is C34H43F3N8O9. The zero-order valence-corrected chi connectivity index (χ0v) is 30.6. The minimum absolute atomic E-state index is 0.0926. The maximum Gasteiger partial charge on any atom is 0.471 e. The van der Waals surface area contributed by atoms with Gasteiger partial charge in [0.15, 0.2) is 17.0 Å². The summed E-state index contributed by atoms with van der Waals surface area (Å²) in [5, 5.41) is 7.50. The van der Waals surface area contributed by atoms with Crippen molar-refractivity contribution in [1.29, 1.82) is 0 Å². The van der Waals surface area contributed by atoms with Crippen LogP contribution in [0.2, 0.25) is 0 Å². The number of carbonyl (C=O) groups excluding carboxylic acids is 5. The summed E-state index contributed by atoms with van der Waals surface area (Å²) in [6, 6.07) is 3.15. The first-order chi connectivity index (χ1) is 25.3.